The molecule has 128 valence electrons. The van der Waals surface area contributed by atoms with Crippen molar-refractivity contribution in [1.29, 1.82) is 0 Å². The molecule has 1 aliphatic heterocycles. The lowest BCUT2D eigenvalue weighted by atomic mass is 10.1. The van der Waals surface area contributed by atoms with E-state index in [1.807, 2.05) is 0 Å². The molecule has 0 saturated carbocycles. The van der Waals surface area contributed by atoms with E-state index in [1.165, 1.54) is 17.3 Å². The van der Waals surface area contributed by atoms with E-state index in [2.05, 4.69) is 10.1 Å². The average Bonchev–Trinajstić information content (AvgIpc) is 2.56. The van der Waals surface area contributed by atoms with E-state index in [0.29, 0.717) is 13.1 Å². The Labute approximate surface area is 135 Å². The van der Waals surface area contributed by atoms with Crippen molar-refractivity contribution in [3.05, 3.63) is 29.1 Å². The molecule has 0 aromatic heterocycles. The summed E-state index contributed by atoms with van der Waals surface area (Å²) >= 11 is 0. The Morgan fingerprint density at radius 3 is 2.74 bits per heavy atom. The van der Waals surface area contributed by atoms with Crippen LogP contribution >= 0.6 is 0 Å². The van der Waals surface area contributed by atoms with Crippen LogP contribution in [0.15, 0.2) is 17.0 Å². The summed E-state index contributed by atoms with van der Waals surface area (Å²) in [6.45, 7) is 2.09. The highest BCUT2D eigenvalue weighted by Crippen LogP contribution is 2.26. The fourth-order valence-corrected chi connectivity index (χ4v) is 4.48. The SMILES string of the molecule is CNC1CCCN(S(=O)(=O)c2cc(C(=O)OC)cc(F)c2C)C1. The fourth-order valence-electron chi connectivity index (χ4n) is 2.69. The van der Waals surface area contributed by atoms with Gasteiger partial charge in [0.1, 0.15) is 5.82 Å². The third-order valence-electron chi connectivity index (χ3n) is 4.13. The summed E-state index contributed by atoms with van der Waals surface area (Å²) in [5.41, 5.74) is -0.111. The van der Waals surface area contributed by atoms with Crippen molar-refractivity contribution >= 4 is 16.0 Å². The first-order chi connectivity index (χ1) is 10.8. The van der Waals surface area contributed by atoms with Gasteiger partial charge < -0.3 is 10.1 Å². The largest absolute Gasteiger partial charge is 0.465 e. The Balaban J connectivity index is 2.46. The zero-order chi connectivity index (χ0) is 17.2. The summed E-state index contributed by atoms with van der Waals surface area (Å²) < 4.78 is 45.7. The highest BCUT2D eigenvalue weighted by Gasteiger charge is 2.32. The zero-order valence-electron chi connectivity index (χ0n) is 13.4. The molecule has 8 heteroatoms. The van der Waals surface area contributed by atoms with Crippen LogP contribution in [-0.2, 0) is 14.8 Å². The molecule has 1 aliphatic rings. The third-order valence-corrected chi connectivity index (χ3v) is 6.12. The smallest absolute Gasteiger partial charge is 0.337 e. The number of ether oxygens (including phenoxy) is 1. The Hall–Kier alpha value is -1.51. The number of halogens is 1. The van der Waals surface area contributed by atoms with Crippen molar-refractivity contribution in [3.63, 3.8) is 0 Å². The number of nitrogens with one attached hydrogen (secondary N) is 1. The molecular weight excluding hydrogens is 323 g/mol. The molecule has 1 aromatic carbocycles. The molecule has 2 rings (SSSR count). The van der Waals surface area contributed by atoms with Crippen LogP contribution < -0.4 is 5.32 Å². The molecule has 6 nitrogen and oxygen atoms in total. The van der Waals surface area contributed by atoms with Crippen LogP contribution in [0.1, 0.15) is 28.8 Å². The first kappa shape index (κ1) is 17.8. The minimum Gasteiger partial charge on any atom is -0.465 e. The summed E-state index contributed by atoms with van der Waals surface area (Å²) in [5, 5.41) is 3.07. The highest BCUT2D eigenvalue weighted by molar-refractivity contribution is 7.89. The predicted molar refractivity (Wildman–Crippen MR) is 83.3 cm³/mol. The Bertz CT molecular complexity index is 706. The van der Waals surface area contributed by atoms with E-state index in [1.54, 1.807) is 7.05 Å². The lowest BCUT2D eigenvalue weighted by Crippen LogP contribution is -2.47. The van der Waals surface area contributed by atoms with Crippen molar-refractivity contribution in [2.75, 3.05) is 27.2 Å². The van der Waals surface area contributed by atoms with Gasteiger partial charge in [-0.1, -0.05) is 0 Å². The van der Waals surface area contributed by atoms with Gasteiger partial charge in [-0.2, -0.15) is 4.31 Å². The molecular formula is C15H21FN2O4S. The van der Waals surface area contributed by atoms with Crippen molar-refractivity contribution < 1.29 is 22.3 Å². The van der Waals surface area contributed by atoms with Gasteiger partial charge in [0.2, 0.25) is 10.0 Å². The molecule has 1 aromatic rings. The van der Waals surface area contributed by atoms with Gasteiger partial charge in [0.25, 0.3) is 0 Å². The topological polar surface area (TPSA) is 75.7 Å². The van der Waals surface area contributed by atoms with Gasteiger partial charge in [-0.15, -0.1) is 0 Å². The predicted octanol–water partition coefficient (Wildman–Crippen LogP) is 1.29. The molecule has 0 spiro atoms. The number of carbonyl (C=O) groups is 1. The number of sulfonamides is 1. The van der Waals surface area contributed by atoms with Gasteiger partial charge in [0.05, 0.1) is 17.6 Å². The quantitative estimate of drug-likeness (QED) is 0.833. The van der Waals surface area contributed by atoms with Gasteiger partial charge in [-0.25, -0.2) is 17.6 Å². The lowest BCUT2D eigenvalue weighted by molar-refractivity contribution is 0.0600. The number of hydrogen-bond donors (Lipinski definition) is 1. The van der Waals surface area contributed by atoms with E-state index in [4.69, 9.17) is 0 Å². The molecule has 0 amide bonds. The van der Waals surface area contributed by atoms with E-state index >= 15 is 0 Å². The molecule has 1 saturated heterocycles. The van der Waals surface area contributed by atoms with Crippen LogP contribution in [0.4, 0.5) is 4.39 Å². The van der Waals surface area contributed by atoms with Crippen LogP contribution in [0.3, 0.4) is 0 Å². The molecule has 1 heterocycles. The maximum absolute atomic E-state index is 14.1. The molecule has 1 fully saturated rings. The number of hydrogen-bond acceptors (Lipinski definition) is 5. The summed E-state index contributed by atoms with van der Waals surface area (Å²) in [7, 11) is -0.932. The number of benzene rings is 1. The molecule has 1 atom stereocenters. The number of carbonyl (C=O) groups excluding carboxylic acids is 1. The number of piperidine rings is 1. The van der Waals surface area contributed by atoms with Crippen molar-refractivity contribution in [2.24, 2.45) is 0 Å². The maximum atomic E-state index is 14.1. The number of nitrogens with zero attached hydrogens (tertiary/aromatic N) is 1. The normalized spacial score (nSPS) is 19.6. The molecule has 1 N–H and O–H groups in total. The maximum Gasteiger partial charge on any atom is 0.337 e. The molecule has 23 heavy (non-hydrogen) atoms. The molecule has 1 unspecified atom stereocenters. The number of rotatable bonds is 4. The Kier molecular flexibility index (Phi) is 5.38. The monoisotopic (exact) mass is 344 g/mol. The summed E-state index contributed by atoms with van der Waals surface area (Å²) in [5.74, 6) is -1.51. The van der Waals surface area contributed by atoms with Gasteiger partial charge >= 0.3 is 5.97 Å². The fraction of sp³-hybridized carbons (Fsp3) is 0.533. The van der Waals surface area contributed by atoms with Gasteiger partial charge in [-0.05, 0) is 38.9 Å². The van der Waals surface area contributed by atoms with E-state index in [-0.39, 0.29) is 22.1 Å². The minimum absolute atomic E-state index is 0.00392. The third kappa shape index (κ3) is 3.54. The number of methoxy groups -OCH3 is 1. The van der Waals surface area contributed by atoms with Crippen molar-refractivity contribution in [2.45, 2.75) is 30.7 Å². The standard InChI is InChI=1S/C15H21FN2O4S/c1-10-13(16)7-11(15(19)22-3)8-14(10)23(20,21)18-6-4-5-12(9-18)17-2/h7-8,12,17H,4-6,9H2,1-3H3. The van der Waals surface area contributed by atoms with Crippen molar-refractivity contribution in [3.8, 4) is 0 Å². The number of likely N-dealkylation sites (N-methyl/N-ethyl adjacent to an activating group) is 1. The summed E-state index contributed by atoms with van der Waals surface area (Å²) in [6, 6.07) is 2.24. The van der Waals surface area contributed by atoms with Gasteiger partial charge in [-0.3, -0.25) is 0 Å². The van der Waals surface area contributed by atoms with E-state index in [0.717, 1.165) is 26.0 Å². The first-order valence-electron chi connectivity index (χ1n) is 7.37. The summed E-state index contributed by atoms with van der Waals surface area (Å²) in [4.78, 5) is 11.4. The van der Waals surface area contributed by atoms with Gasteiger partial charge in [0, 0.05) is 24.7 Å². The van der Waals surface area contributed by atoms with Crippen LogP contribution in [0.5, 0.6) is 0 Å². The Morgan fingerprint density at radius 2 is 2.13 bits per heavy atom. The zero-order valence-corrected chi connectivity index (χ0v) is 14.2. The van der Waals surface area contributed by atoms with Crippen LogP contribution in [0.25, 0.3) is 0 Å². The van der Waals surface area contributed by atoms with Crippen LogP contribution in [0, 0.1) is 12.7 Å². The molecule has 0 aliphatic carbocycles. The lowest BCUT2D eigenvalue weighted by Gasteiger charge is -2.32. The highest BCUT2D eigenvalue weighted by atomic mass is 32.2. The second-order valence-corrected chi connectivity index (χ2v) is 7.47. The average molecular weight is 344 g/mol. The minimum atomic E-state index is -3.88. The summed E-state index contributed by atoms with van der Waals surface area (Å²) in [6.07, 6.45) is 1.61. The van der Waals surface area contributed by atoms with Gasteiger partial charge in [0.15, 0.2) is 0 Å². The first-order valence-corrected chi connectivity index (χ1v) is 8.81. The second-order valence-electron chi connectivity index (χ2n) is 5.56. The van der Waals surface area contributed by atoms with Crippen LogP contribution in [0.2, 0.25) is 0 Å². The molecule has 0 radical (unpaired) electrons. The van der Waals surface area contributed by atoms with Crippen LogP contribution in [-0.4, -0.2) is 52.0 Å². The second kappa shape index (κ2) is 6.94. The van der Waals surface area contributed by atoms with E-state index < -0.39 is 21.8 Å². The van der Waals surface area contributed by atoms with E-state index in [9.17, 15) is 17.6 Å². The number of esters is 1. The van der Waals surface area contributed by atoms with Crippen molar-refractivity contribution in [1.82, 2.24) is 9.62 Å². The Morgan fingerprint density at radius 1 is 1.43 bits per heavy atom. The molecule has 0 bridgehead atoms.